The molecule has 0 unspecified atom stereocenters. The molecular weight excluding hydrogens is 350 g/mol. The average Bonchev–Trinajstić information content (AvgIpc) is 3.05. The van der Waals surface area contributed by atoms with Gasteiger partial charge in [0.1, 0.15) is 7.05 Å². The van der Waals surface area contributed by atoms with E-state index in [1.165, 1.54) is 38.6 Å². The number of benzene rings is 3. The first-order valence-electron chi connectivity index (χ1n) is 11.3. The third kappa shape index (κ3) is 2.88. The molecule has 0 bridgehead atoms. The van der Waals surface area contributed by atoms with E-state index in [4.69, 9.17) is 2.74 Å². The van der Waals surface area contributed by atoms with Crippen LogP contribution in [0.1, 0.15) is 34.6 Å². The Morgan fingerprint density at radius 1 is 0.828 bits per heavy atom. The lowest BCUT2D eigenvalue weighted by Gasteiger charge is -2.18. The van der Waals surface area contributed by atoms with Crippen LogP contribution in [0.15, 0.2) is 66.9 Å². The molecule has 0 N–H and O–H groups in total. The number of nitrogens with zero attached hydrogens (tertiary/aromatic N) is 1. The summed E-state index contributed by atoms with van der Waals surface area (Å²) >= 11 is 0. The number of aromatic nitrogens is 1. The molecule has 1 aliphatic carbocycles. The van der Waals surface area contributed by atoms with Crippen LogP contribution in [-0.4, -0.2) is 0 Å². The minimum atomic E-state index is -1.43. The fraction of sp³-hybridized carbons (Fsp3) is 0.250. The SMILES string of the molecule is [2H]C([2H])(c1cc[n+](C)c(-c2cc3c4c(cccc4c2C)-c2ccccc2-3)c1)C(C)(C)C. The van der Waals surface area contributed by atoms with Gasteiger partial charge in [-0.15, -0.1) is 0 Å². The number of fused-ring (bicyclic) bond motifs is 3. The van der Waals surface area contributed by atoms with Crippen molar-refractivity contribution in [2.45, 2.75) is 34.1 Å². The largest absolute Gasteiger partial charge is 0.212 e. The quantitative estimate of drug-likeness (QED) is 0.294. The van der Waals surface area contributed by atoms with Crippen LogP contribution < -0.4 is 4.57 Å². The van der Waals surface area contributed by atoms with Gasteiger partial charge in [-0.05, 0) is 68.9 Å². The Hall–Kier alpha value is -2.93. The zero-order valence-electron chi connectivity index (χ0n) is 19.8. The van der Waals surface area contributed by atoms with Gasteiger partial charge in [-0.25, -0.2) is 4.57 Å². The first-order chi connectivity index (χ1) is 14.6. The van der Waals surface area contributed by atoms with E-state index in [1.807, 2.05) is 46.1 Å². The van der Waals surface area contributed by atoms with E-state index in [-0.39, 0.29) is 0 Å². The predicted molar refractivity (Wildman–Crippen MR) is 123 cm³/mol. The second kappa shape index (κ2) is 6.29. The normalized spacial score (nSPS) is 14.0. The van der Waals surface area contributed by atoms with Gasteiger partial charge in [-0.1, -0.05) is 63.2 Å². The number of pyridine rings is 1. The van der Waals surface area contributed by atoms with E-state index in [0.717, 1.165) is 16.8 Å². The lowest BCUT2D eigenvalue weighted by atomic mass is 9.87. The lowest BCUT2D eigenvalue weighted by molar-refractivity contribution is -0.660. The topological polar surface area (TPSA) is 3.88 Å². The fourth-order valence-electron chi connectivity index (χ4n) is 4.63. The maximum absolute atomic E-state index is 8.77. The molecule has 144 valence electrons. The Morgan fingerprint density at radius 3 is 2.24 bits per heavy atom. The van der Waals surface area contributed by atoms with Gasteiger partial charge in [0, 0.05) is 14.9 Å². The van der Waals surface area contributed by atoms with Crippen molar-refractivity contribution in [3.63, 3.8) is 0 Å². The monoisotopic (exact) mass is 380 g/mol. The summed E-state index contributed by atoms with van der Waals surface area (Å²) in [6.07, 6.45) is 0.554. The average molecular weight is 381 g/mol. The molecule has 0 amide bonds. The standard InChI is InChI=1S/C28H28N/c1-18-20-11-8-12-23-21-9-6-7-10-22(21)25(27(20)23)16-24(18)26-15-19(13-14-29(26)5)17-28(2,3)4/h6-16H,17H2,1-5H3/q+1/i17D2. The summed E-state index contributed by atoms with van der Waals surface area (Å²) in [4.78, 5) is 0. The van der Waals surface area contributed by atoms with Crippen molar-refractivity contribution in [2.75, 3.05) is 0 Å². The molecule has 1 nitrogen and oxygen atoms in total. The number of rotatable bonds is 2. The summed E-state index contributed by atoms with van der Waals surface area (Å²) in [6, 6.07) is 21.5. The maximum Gasteiger partial charge on any atom is 0.212 e. The van der Waals surface area contributed by atoms with Gasteiger partial charge in [-0.2, -0.15) is 0 Å². The smallest absolute Gasteiger partial charge is 0.201 e. The third-order valence-corrected chi connectivity index (χ3v) is 5.88. The molecule has 1 heteroatoms. The Kier molecular flexibility index (Phi) is 3.45. The highest BCUT2D eigenvalue weighted by atomic mass is 14.9. The van der Waals surface area contributed by atoms with E-state index < -0.39 is 11.8 Å². The van der Waals surface area contributed by atoms with Gasteiger partial charge in [0.05, 0.1) is 5.56 Å². The molecule has 0 atom stereocenters. The van der Waals surface area contributed by atoms with Crippen molar-refractivity contribution in [1.82, 2.24) is 0 Å². The molecule has 0 spiro atoms. The molecular formula is C28H28N+. The van der Waals surface area contributed by atoms with Crippen molar-refractivity contribution in [1.29, 1.82) is 0 Å². The van der Waals surface area contributed by atoms with E-state index in [0.29, 0.717) is 0 Å². The van der Waals surface area contributed by atoms with Gasteiger partial charge in [0.2, 0.25) is 5.69 Å². The van der Waals surface area contributed by atoms with E-state index >= 15 is 0 Å². The van der Waals surface area contributed by atoms with Crippen LogP contribution in [0.4, 0.5) is 0 Å². The minimum absolute atomic E-state index is 0.495. The molecule has 1 aromatic heterocycles. The Labute approximate surface area is 176 Å². The maximum atomic E-state index is 8.77. The number of hydrogen-bond acceptors (Lipinski definition) is 0. The molecule has 1 heterocycles. The zero-order chi connectivity index (χ0) is 22.1. The highest BCUT2D eigenvalue weighted by molar-refractivity contribution is 6.17. The summed E-state index contributed by atoms with van der Waals surface area (Å²) in [6.45, 7) is 8.06. The van der Waals surface area contributed by atoms with E-state index in [2.05, 4.69) is 60.0 Å². The first kappa shape index (κ1) is 15.9. The van der Waals surface area contributed by atoms with Gasteiger partial charge in [-0.3, -0.25) is 0 Å². The van der Waals surface area contributed by atoms with Crippen molar-refractivity contribution < 1.29 is 7.31 Å². The molecule has 3 aromatic carbocycles. The summed E-state index contributed by atoms with van der Waals surface area (Å²) in [5.41, 5.74) is 8.80. The number of hydrogen-bond donors (Lipinski definition) is 0. The van der Waals surface area contributed by atoms with Crippen LogP contribution >= 0.6 is 0 Å². The minimum Gasteiger partial charge on any atom is -0.201 e. The van der Waals surface area contributed by atoms with Crippen LogP contribution in [0.3, 0.4) is 0 Å². The first-order valence-corrected chi connectivity index (χ1v) is 10.3. The molecule has 0 fully saturated rings. The van der Waals surface area contributed by atoms with Crippen molar-refractivity contribution in [2.24, 2.45) is 12.5 Å². The van der Waals surface area contributed by atoms with E-state index in [1.54, 1.807) is 0 Å². The highest BCUT2D eigenvalue weighted by Crippen LogP contribution is 2.49. The molecule has 4 aromatic rings. The van der Waals surface area contributed by atoms with Crippen LogP contribution in [0.25, 0.3) is 44.3 Å². The van der Waals surface area contributed by atoms with Gasteiger partial charge in [0.15, 0.2) is 6.20 Å². The van der Waals surface area contributed by atoms with Crippen LogP contribution in [0, 0.1) is 12.3 Å². The summed E-state index contributed by atoms with van der Waals surface area (Å²) in [5.74, 6) is 0. The Balaban J connectivity index is 1.81. The fourth-order valence-corrected chi connectivity index (χ4v) is 4.63. The summed E-state index contributed by atoms with van der Waals surface area (Å²) in [5, 5.41) is 2.60. The lowest BCUT2D eigenvalue weighted by Crippen LogP contribution is -2.31. The number of aryl methyl sites for hydroxylation is 2. The van der Waals surface area contributed by atoms with Crippen LogP contribution in [0.2, 0.25) is 0 Å². The van der Waals surface area contributed by atoms with Crippen LogP contribution in [0.5, 0.6) is 0 Å². The molecule has 1 aliphatic rings. The summed E-state index contributed by atoms with van der Waals surface area (Å²) < 4.78 is 19.7. The zero-order valence-corrected chi connectivity index (χ0v) is 17.8. The van der Waals surface area contributed by atoms with Crippen molar-refractivity contribution >= 4 is 10.8 Å². The van der Waals surface area contributed by atoms with Gasteiger partial charge in [0.25, 0.3) is 0 Å². The Morgan fingerprint density at radius 2 is 1.52 bits per heavy atom. The molecule has 29 heavy (non-hydrogen) atoms. The highest BCUT2D eigenvalue weighted by Gasteiger charge is 2.25. The van der Waals surface area contributed by atoms with E-state index in [9.17, 15) is 0 Å². The van der Waals surface area contributed by atoms with Crippen molar-refractivity contribution in [3.05, 3.63) is 78.0 Å². The Bertz CT molecular complexity index is 1360. The molecule has 0 aliphatic heterocycles. The van der Waals surface area contributed by atoms with Gasteiger partial charge < -0.3 is 0 Å². The van der Waals surface area contributed by atoms with Crippen molar-refractivity contribution in [3.8, 4) is 33.5 Å². The van der Waals surface area contributed by atoms with Crippen LogP contribution in [-0.2, 0) is 13.4 Å². The second-order valence-electron chi connectivity index (χ2n) is 9.16. The predicted octanol–water partition coefficient (Wildman–Crippen LogP) is 6.88. The molecule has 0 saturated carbocycles. The second-order valence-corrected chi connectivity index (χ2v) is 9.16. The molecule has 0 radical (unpaired) electrons. The molecule has 5 rings (SSSR count). The molecule has 0 saturated heterocycles. The van der Waals surface area contributed by atoms with Gasteiger partial charge >= 0.3 is 0 Å². The summed E-state index contributed by atoms with van der Waals surface area (Å²) in [7, 11) is 2.04. The third-order valence-electron chi connectivity index (χ3n) is 5.88.